The van der Waals surface area contributed by atoms with Crippen molar-refractivity contribution in [1.29, 1.82) is 0 Å². The molecule has 1 saturated carbocycles. The van der Waals surface area contributed by atoms with Gasteiger partial charge in [0.25, 0.3) is 0 Å². The van der Waals surface area contributed by atoms with E-state index in [1.807, 2.05) is 19.9 Å². The number of hydrogen-bond acceptors (Lipinski definition) is 6. The molecule has 1 fully saturated rings. The molecule has 2 rings (SSSR count). The van der Waals surface area contributed by atoms with Crippen molar-refractivity contribution in [2.45, 2.75) is 45.6 Å². The summed E-state index contributed by atoms with van der Waals surface area (Å²) in [5.74, 6) is 8.39. The molecule has 0 bridgehead atoms. The Kier molecular flexibility index (Phi) is 6.33. The highest BCUT2D eigenvalue weighted by Crippen LogP contribution is 2.27. The van der Waals surface area contributed by atoms with Crippen LogP contribution < -0.4 is 16.4 Å². The van der Waals surface area contributed by atoms with Crippen LogP contribution in [0.25, 0.3) is 0 Å². The summed E-state index contributed by atoms with van der Waals surface area (Å²) in [4.78, 5) is 19.3. The number of aromatic nitrogens is 2. The number of carboxylic acid groups (broad SMARTS) is 1. The molecule has 1 heterocycles. The van der Waals surface area contributed by atoms with Gasteiger partial charge in [-0.05, 0) is 39.5 Å². The molecule has 20 heavy (non-hydrogen) atoms. The van der Waals surface area contributed by atoms with E-state index in [-0.39, 0.29) is 12.0 Å². The van der Waals surface area contributed by atoms with Crippen molar-refractivity contribution in [3.05, 3.63) is 17.6 Å². The molecule has 7 heteroatoms. The third kappa shape index (κ3) is 4.75. The van der Waals surface area contributed by atoms with Gasteiger partial charge in [-0.1, -0.05) is 0 Å². The van der Waals surface area contributed by atoms with Crippen molar-refractivity contribution in [2.24, 2.45) is 17.6 Å². The van der Waals surface area contributed by atoms with E-state index >= 15 is 0 Å². The fraction of sp³-hybridized carbons (Fsp3) is 0.615. The minimum Gasteiger partial charge on any atom is -0.481 e. The van der Waals surface area contributed by atoms with Gasteiger partial charge in [0.2, 0.25) is 5.88 Å². The topological polar surface area (TPSA) is 124 Å². The lowest BCUT2D eigenvalue weighted by molar-refractivity contribution is -0.143. The summed E-state index contributed by atoms with van der Waals surface area (Å²) in [5, 5.41) is 8.93. The summed E-state index contributed by atoms with van der Waals surface area (Å²) in [6.07, 6.45) is 3.00. The Morgan fingerprint density at radius 1 is 1.25 bits per heavy atom. The third-order valence-corrected chi connectivity index (χ3v) is 3.25. The van der Waals surface area contributed by atoms with Crippen LogP contribution >= 0.6 is 0 Å². The van der Waals surface area contributed by atoms with Crippen LogP contribution in [0, 0.1) is 19.8 Å². The van der Waals surface area contributed by atoms with Crippen LogP contribution in [0.4, 0.5) is 0 Å². The van der Waals surface area contributed by atoms with Gasteiger partial charge in [-0.15, -0.1) is 0 Å². The zero-order chi connectivity index (χ0) is 15.1. The monoisotopic (exact) mass is 282 g/mol. The molecule has 1 aromatic heterocycles. The van der Waals surface area contributed by atoms with Crippen LogP contribution in [0.2, 0.25) is 0 Å². The average molecular weight is 282 g/mol. The first kappa shape index (κ1) is 16.3. The maximum atomic E-state index is 10.8. The summed E-state index contributed by atoms with van der Waals surface area (Å²) in [6.45, 7) is 3.74. The first-order valence-corrected chi connectivity index (χ1v) is 6.59. The van der Waals surface area contributed by atoms with Gasteiger partial charge in [-0.25, -0.2) is 4.98 Å². The second-order valence-electron chi connectivity index (χ2n) is 4.82. The number of hydrogen-bond donors (Lipinski definition) is 3. The van der Waals surface area contributed by atoms with Crippen LogP contribution in [-0.2, 0) is 4.79 Å². The largest absolute Gasteiger partial charge is 0.481 e. The van der Waals surface area contributed by atoms with E-state index in [2.05, 4.69) is 21.7 Å². The van der Waals surface area contributed by atoms with E-state index in [0.717, 1.165) is 18.5 Å². The molecule has 0 amide bonds. The molecular formula is C13H22N4O3. The predicted octanol–water partition coefficient (Wildman–Crippen LogP) is 0.934. The van der Waals surface area contributed by atoms with Gasteiger partial charge in [0.15, 0.2) is 0 Å². The van der Waals surface area contributed by atoms with Gasteiger partial charge in [0.05, 0.1) is 5.92 Å². The summed E-state index contributed by atoms with van der Waals surface area (Å²) in [5.41, 5.74) is 0.886. The average Bonchev–Trinajstić information content (AvgIpc) is 2.40. The van der Waals surface area contributed by atoms with Gasteiger partial charge in [0.1, 0.15) is 11.9 Å². The second kappa shape index (κ2) is 7.76. The Morgan fingerprint density at radius 2 is 1.85 bits per heavy atom. The van der Waals surface area contributed by atoms with Gasteiger partial charge in [-0.2, -0.15) is 4.98 Å². The Morgan fingerprint density at radius 3 is 2.35 bits per heavy atom. The van der Waals surface area contributed by atoms with Gasteiger partial charge < -0.3 is 9.84 Å². The molecule has 0 aromatic carbocycles. The van der Waals surface area contributed by atoms with Crippen molar-refractivity contribution in [3.8, 4) is 5.88 Å². The Hall–Kier alpha value is -1.73. The molecule has 1 aliphatic carbocycles. The van der Waals surface area contributed by atoms with Gasteiger partial charge in [0, 0.05) is 11.8 Å². The first-order chi connectivity index (χ1) is 9.54. The predicted molar refractivity (Wildman–Crippen MR) is 73.9 cm³/mol. The van der Waals surface area contributed by atoms with Crippen LogP contribution in [-0.4, -0.2) is 27.1 Å². The second-order valence-corrected chi connectivity index (χ2v) is 4.82. The van der Waals surface area contributed by atoms with E-state index in [9.17, 15) is 4.79 Å². The lowest BCUT2D eigenvalue weighted by atomic mass is 9.87. The van der Waals surface area contributed by atoms with E-state index in [0.29, 0.717) is 24.5 Å². The van der Waals surface area contributed by atoms with E-state index < -0.39 is 5.97 Å². The Labute approximate surface area is 118 Å². The molecular weight excluding hydrogens is 260 g/mol. The number of hydrazine groups is 1. The normalized spacial score (nSPS) is 21.6. The third-order valence-electron chi connectivity index (χ3n) is 3.25. The highest BCUT2D eigenvalue weighted by molar-refractivity contribution is 5.70. The molecule has 0 radical (unpaired) electrons. The smallest absolute Gasteiger partial charge is 0.306 e. The van der Waals surface area contributed by atoms with Crippen LogP contribution in [0.1, 0.15) is 37.2 Å². The summed E-state index contributed by atoms with van der Waals surface area (Å²) in [7, 11) is 0. The highest BCUT2D eigenvalue weighted by Gasteiger charge is 2.27. The fourth-order valence-corrected chi connectivity index (χ4v) is 2.34. The zero-order valence-electron chi connectivity index (χ0n) is 11.9. The SMILES string of the molecule is Cc1cc(OC2CCC(C(=O)O)CC2)nc(C)n1.NN. The number of carbonyl (C=O) groups is 1. The summed E-state index contributed by atoms with van der Waals surface area (Å²) in [6, 6.07) is 1.82. The summed E-state index contributed by atoms with van der Waals surface area (Å²) >= 11 is 0. The highest BCUT2D eigenvalue weighted by atomic mass is 16.5. The molecule has 0 aliphatic heterocycles. The van der Waals surface area contributed by atoms with E-state index in [1.54, 1.807) is 0 Å². The Balaban J connectivity index is 0.000000956. The lowest BCUT2D eigenvalue weighted by Gasteiger charge is -2.26. The standard InChI is InChI=1S/C13H18N2O3.H4N2/c1-8-7-12(15-9(2)14-8)18-11-5-3-10(4-6-11)13(16)17;1-2/h7,10-11H,3-6H2,1-2H3,(H,16,17);1-2H2. The quantitative estimate of drug-likeness (QED) is 0.556. The molecule has 112 valence electrons. The van der Waals surface area contributed by atoms with E-state index in [4.69, 9.17) is 9.84 Å². The van der Waals surface area contributed by atoms with Crippen molar-refractivity contribution < 1.29 is 14.6 Å². The first-order valence-electron chi connectivity index (χ1n) is 6.59. The fourth-order valence-electron chi connectivity index (χ4n) is 2.34. The number of carboxylic acids is 1. The molecule has 0 spiro atoms. The molecule has 7 nitrogen and oxygen atoms in total. The molecule has 1 aliphatic rings. The van der Waals surface area contributed by atoms with Gasteiger partial charge in [-0.3, -0.25) is 16.5 Å². The minimum atomic E-state index is -0.692. The molecule has 0 atom stereocenters. The molecule has 0 saturated heterocycles. The lowest BCUT2D eigenvalue weighted by Crippen LogP contribution is -2.28. The maximum absolute atomic E-state index is 10.8. The van der Waals surface area contributed by atoms with Crippen LogP contribution in [0.3, 0.4) is 0 Å². The maximum Gasteiger partial charge on any atom is 0.306 e. The van der Waals surface area contributed by atoms with Crippen molar-refractivity contribution in [1.82, 2.24) is 9.97 Å². The zero-order valence-corrected chi connectivity index (χ0v) is 11.9. The van der Waals surface area contributed by atoms with Crippen molar-refractivity contribution in [2.75, 3.05) is 0 Å². The molecule has 1 aromatic rings. The number of nitrogens with two attached hydrogens (primary N) is 2. The number of ether oxygens (including phenoxy) is 1. The Bertz CT molecular complexity index is 425. The number of aliphatic carboxylic acids is 1. The number of nitrogens with zero attached hydrogens (tertiary/aromatic N) is 2. The molecule has 0 unspecified atom stereocenters. The van der Waals surface area contributed by atoms with E-state index in [1.165, 1.54) is 0 Å². The summed E-state index contributed by atoms with van der Waals surface area (Å²) < 4.78 is 5.80. The van der Waals surface area contributed by atoms with Crippen molar-refractivity contribution in [3.63, 3.8) is 0 Å². The van der Waals surface area contributed by atoms with Crippen molar-refractivity contribution >= 4 is 5.97 Å². The van der Waals surface area contributed by atoms with Crippen LogP contribution in [0.15, 0.2) is 6.07 Å². The minimum absolute atomic E-state index is 0.0781. The molecule has 5 N–H and O–H groups in total. The van der Waals surface area contributed by atoms with Gasteiger partial charge >= 0.3 is 5.97 Å². The number of rotatable bonds is 3. The number of aryl methyl sites for hydroxylation is 2. The van der Waals surface area contributed by atoms with Crippen LogP contribution in [0.5, 0.6) is 5.88 Å².